The van der Waals surface area contributed by atoms with Crippen LogP contribution in [0.5, 0.6) is 5.88 Å². The molecule has 10 heteroatoms. The van der Waals surface area contributed by atoms with Crippen molar-refractivity contribution in [1.29, 1.82) is 0 Å². The molecule has 2 aliphatic heterocycles. The molecular formula is C17H19F4NO5. The van der Waals surface area contributed by atoms with Crippen LogP contribution in [0.15, 0.2) is 30.9 Å². The normalized spacial score (nSPS) is 32.0. The van der Waals surface area contributed by atoms with Gasteiger partial charge in [-0.05, 0) is 26.0 Å². The first-order chi connectivity index (χ1) is 12.5. The van der Waals surface area contributed by atoms with Gasteiger partial charge in [0.15, 0.2) is 12.1 Å². The zero-order valence-electron chi connectivity index (χ0n) is 14.8. The molecule has 0 bridgehead atoms. The number of halogens is 4. The van der Waals surface area contributed by atoms with Crippen molar-refractivity contribution in [2.24, 2.45) is 0 Å². The van der Waals surface area contributed by atoms with Crippen molar-refractivity contribution >= 4 is 0 Å². The molecule has 27 heavy (non-hydrogen) atoms. The summed E-state index contributed by atoms with van der Waals surface area (Å²) in [4.78, 5) is 3.34. The van der Waals surface area contributed by atoms with Crippen molar-refractivity contribution < 1.29 is 41.2 Å². The molecule has 6 nitrogen and oxygen atoms in total. The van der Waals surface area contributed by atoms with E-state index in [2.05, 4.69) is 11.6 Å². The van der Waals surface area contributed by atoms with Crippen LogP contribution in [0.1, 0.15) is 13.8 Å². The maximum Gasteiger partial charge on any atom is 0.434 e. The van der Waals surface area contributed by atoms with Crippen LogP contribution in [0, 0.1) is 5.95 Å². The number of methoxy groups -OCH3 is 1. The van der Waals surface area contributed by atoms with Crippen molar-refractivity contribution in [3.63, 3.8) is 0 Å². The largest absolute Gasteiger partial charge is 0.454 e. The van der Waals surface area contributed by atoms with Gasteiger partial charge in [-0.2, -0.15) is 22.5 Å². The standard InChI is InChI=1S/C17H19F4NO5/c1-5-16(17(19,20)21,25-10-8-6-7-9(18)22-10)13-11(23-4)12-14(24-13)27-15(2,3)26-12/h5-8,11-14H,1H2,2-4H3/t11?,12-,13?,14-,16?/m1/s1. The fraction of sp³-hybridized carbons (Fsp3) is 0.588. The third kappa shape index (κ3) is 3.42. The molecular weight excluding hydrogens is 374 g/mol. The maximum absolute atomic E-state index is 14.1. The van der Waals surface area contributed by atoms with E-state index in [1.54, 1.807) is 13.8 Å². The summed E-state index contributed by atoms with van der Waals surface area (Å²) in [6.45, 7) is 6.48. The van der Waals surface area contributed by atoms with Gasteiger partial charge in [0, 0.05) is 13.2 Å². The molecule has 2 fully saturated rings. The van der Waals surface area contributed by atoms with Gasteiger partial charge >= 0.3 is 6.18 Å². The number of rotatable bonds is 5. The van der Waals surface area contributed by atoms with E-state index < -0.39 is 54.0 Å². The predicted molar refractivity (Wildman–Crippen MR) is 83.3 cm³/mol. The van der Waals surface area contributed by atoms with Gasteiger partial charge in [0.2, 0.25) is 11.8 Å². The van der Waals surface area contributed by atoms with Gasteiger partial charge in [0.25, 0.3) is 5.60 Å². The summed E-state index contributed by atoms with van der Waals surface area (Å²) in [6, 6.07) is 3.25. The Morgan fingerprint density at radius 1 is 1.26 bits per heavy atom. The number of pyridine rings is 1. The lowest BCUT2D eigenvalue weighted by Gasteiger charge is -2.39. The summed E-state index contributed by atoms with van der Waals surface area (Å²) in [6.07, 6.45) is -9.37. The lowest BCUT2D eigenvalue weighted by molar-refractivity contribution is -0.294. The second-order valence-electron chi connectivity index (χ2n) is 6.62. The van der Waals surface area contributed by atoms with Crippen LogP contribution in [0.25, 0.3) is 0 Å². The van der Waals surface area contributed by atoms with Crippen LogP contribution >= 0.6 is 0 Å². The van der Waals surface area contributed by atoms with Crippen molar-refractivity contribution in [1.82, 2.24) is 4.98 Å². The number of fused-ring (bicyclic) bond motifs is 1. The molecule has 0 amide bonds. The van der Waals surface area contributed by atoms with E-state index in [0.717, 1.165) is 12.1 Å². The van der Waals surface area contributed by atoms with E-state index in [0.29, 0.717) is 6.08 Å². The molecule has 3 rings (SSSR count). The molecule has 2 aliphatic rings. The summed E-state index contributed by atoms with van der Waals surface area (Å²) in [5.74, 6) is -2.62. The zero-order valence-corrected chi connectivity index (χ0v) is 14.8. The zero-order chi connectivity index (χ0) is 20.0. The van der Waals surface area contributed by atoms with Crippen LogP contribution in [0.4, 0.5) is 17.6 Å². The van der Waals surface area contributed by atoms with Gasteiger partial charge in [-0.15, -0.1) is 0 Å². The minimum Gasteiger partial charge on any atom is -0.454 e. The molecule has 1 aromatic heterocycles. The minimum atomic E-state index is -4.99. The molecule has 0 N–H and O–H groups in total. The summed E-state index contributed by atoms with van der Waals surface area (Å²) in [5.41, 5.74) is -3.07. The Kier molecular flexibility index (Phi) is 4.96. The first-order valence-electron chi connectivity index (χ1n) is 8.09. The molecule has 0 aromatic carbocycles. The number of hydrogen-bond acceptors (Lipinski definition) is 6. The molecule has 0 saturated carbocycles. The van der Waals surface area contributed by atoms with Crippen molar-refractivity contribution in [3.05, 3.63) is 36.8 Å². The van der Waals surface area contributed by atoms with Gasteiger partial charge in [-0.3, -0.25) is 0 Å². The van der Waals surface area contributed by atoms with E-state index in [1.165, 1.54) is 13.2 Å². The predicted octanol–water partition coefficient (Wildman–Crippen LogP) is 2.98. The summed E-state index contributed by atoms with van der Waals surface area (Å²) in [5, 5.41) is 0. The van der Waals surface area contributed by atoms with Crippen LogP contribution in [0.3, 0.4) is 0 Å². The first-order valence-corrected chi connectivity index (χ1v) is 8.09. The highest BCUT2D eigenvalue weighted by atomic mass is 19.4. The number of ether oxygens (including phenoxy) is 5. The van der Waals surface area contributed by atoms with E-state index in [4.69, 9.17) is 23.7 Å². The van der Waals surface area contributed by atoms with Gasteiger partial charge in [-0.25, -0.2) is 0 Å². The fourth-order valence-electron chi connectivity index (χ4n) is 3.25. The smallest absolute Gasteiger partial charge is 0.434 e. The average Bonchev–Trinajstić information content (AvgIpc) is 3.02. The lowest BCUT2D eigenvalue weighted by Crippen LogP contribution is -2.62. The number of alkyl halides is 3. The Bertz CT molecular complexity index is 713. The monoisotopic (exact) mass is 393 g/mol. The fourth-order valence-corrected chi connectivity index (χ4v) is 3.25. The van der Waals surface area contributed by atoms with E-state index in [-0.39, 0.29) is 0 Å². The highest BCUT2D eigenvalue weighted by molar-refractivity contribution is 5.21. The average molecular weight is 393 g/mol. The number of hydrogen-bond donors (Lipinski definition) is 0. The SMILES string of the molecule is C=CC(Oc1cccc(F)n1)(C1O[C@@H]2OC(C)(C)O[C@@H]2C1OC)C(F)(F)F. The lowest BCUT2D eigenvalue weighted by atomic mass is 9.90. The van der Waals surface area contributed by atoms with Crippen molar-refractivity contribution in [2.45, 2.75) is 56.0 Å². The highest BCUT2D eigenvalue weighted by Crippen LogP contribution is 2.48. The maximum atomic E-state index is 14.1. The number of aromatic nitrogens is 1. The molecule has 0 aliphatic carbocycles. The molecule has 2 saturated heterocycles. The Morgan fingerprint density at radius 2 is 1.96 bits per heavy atom. The van der Waals surface area contributed by atoms with E-state index >= 15 is 0 Å². The van der Waals surface area contributed by atoms with Crippen molar-refractivity contribution in [3.8, 4) is 5.88 Å². The van der Waals surface area contributed by atoms with E-state index in [9.17, 15) is 17.6 Å². The molecule has 0 radical (unpaired) electrons. The topological polar surface area (TPSA) is 59.0 Å². The Balaban J connectivity index is 2.00. The minimum absolute atomic E-state index is 0.544. The van der Waals surface area contributed by atoms with Crippen molar-refractivity contribution in [2.75, 3.05) is 7.11 Å². The summed E-state index contributed by atoms with van der Waals surface area (Å²) < 4.78 is 82.7. The van der Waals surface area contributed by atoms with Gasteiger partial charge < -0.3 is 23.7 Å². The van der Waals surface area contributed by atoms with Crippen LogP contribution in [0.2, 0.25) is 0 Å². The van der Waals surface area contributed by atoms with E-state index in [1.807, 2.05) is 0 Å². The highest BCUT2D eigenvalue weighted by Gasteiger charge is 2.69. The third-order valence-corrected chi connectivity index (χ3v) is 4.40. The Labute approximate surface area is 153 Å². The molecule has 0 spiro atoms. The quantitative estimate of drug-likeness (QED) is 0.436. The Hall–Kier alpha value is -1.75. The molecule has 1 aromatic rings. The number of nitrogens with zero attached hydrogens (tertiary/aromatic N) is 1. The van der Waals surface area contributed by atoms with Gasteiger partial charge in [0.1, 0.15) is 18.3 Å². The summed E-state index contributed by atoms with van der Waals surface area (Å²) >= 11 is 0. The van der Waals surface area contributed by atoms with Crippen LogP contribution < -0.4 is 4.74 Å². The first kappa shape index (κ1) is 20.0. The van der Waals surface area contributed by atoms with Crippen LogP contribution in [-0.4, -0.2) is 54.3 Å². The molecule has 3 heterocycles. The molecule has 150 valence electrons. The second-order valence-corrected chi connectivity index (χ2v) is 6.62. The van der Waals surface area contributed by atoms with Gasteiger partial charge in [0.05, 0.1) is 0 Å². The second kappa shape index (κ2) is 6.69. The third-order valence-electron chi connectivity index (χ3n) is 4.40. The van der Waals surface area contributed by atoms with Crippen LogP contribution in [-0.2, 0) is 18.9 Å². The molecule has 5 atom stereocenters. The Morgan fingerprint density at radius 3 is 2.52 bits per heavy atom. The van der Waals surface area contributed by atoms with Gasteiger partial charge in [-0.1, -0.05) is 12.6 Å². The molecule has 3 unspecified atom stereocenters. The summed E-state index contributed by atoms with van der Waals surface area (Å²) in [7, 11) is 1.22.